The van der Waals surface area contributed by atoms with Gasteiger partial charge in [0.2, 0.25) is 11.8 Å². The number of rotatable bonds is 8. The van der Waals surface area contributed by atoms with Crippen LogP contribution in [0.1, 0.15) is 47.0 Å². The lowest BCUT2D eigenvalue weighted by Gasteiger charge is -2.32. The molecule has 1 aromatic carbocycles. The number of thiophene rings is 1. The second kappa shape index (κ2) is 11.0. The van der Waals surface area contributed by atoms with Crippen LogP contribution in [0.3, 0.4) is 0 Å². The Labute approximate surface area is 201 Å². The summed E-state index contributed by atoms with van der Waals surface area (Å²) in [4.78, 5) is 45.2. The summed E-state index contributed by atoms with van der Waals surface area (Å²) < 4.78 is 14.2. The van der Waals surface area contributed by atoms with E-state index in [9.17, 15) is 18.8 Å². The highest BCUT2D eigenvalue weighted by Gasteiger charge is 2.34. The van der Waals surface area contributed by atoms with Crippen LogP contribution in [0.4, 0.5) is 10.1 Å². The van der Waals surface area contributed by atoms with E-state index in [2.05, 4.69) is 15.6 Å². The van der Waals surface area contributed by atoms with Crippen LogP contribution in [-0.2, 0) is 9.59 Å². The van der Waals surface area contributed by atoms with Crippen LogP contribution in [0.5, 0.6) is 0 Å². The van der Waals surface area contributed by atoms with Crippen LogP contribution < -0.4 is 15.5 Å². The van der Waals surface area contributed by atoms with Crippen LogP contribution in [0.25, 0.3) is 0 Å². The Morgan fingerprint density at radius 2 is 1.94 bits per heavy atom. The van der Waals surface area contributed by atoms with Gasteiger partial charge in [-0.05, 0) is 48.6 Å². The largest absolute Gasteiger partial charge is 0.351 e. The number of hydrogen-bond acceptors (Lipinski definition) is 5. The Kier molecular flexibility index (Phi) is 7.64. The second-order valence-corrected chi connectivity index (χ2v) is 9.03. The number of halogens is 1. The van der Waals surface area contributed by atoms with E-state index in [0.717, 1.165) is 25.7 Å². The topological polar surface area (TPSA) is 91.4 Å². The summed E-state index contributed by atoms with van der Waals surface area (Å²) in [6.07, 6.45) is 6.90. The molecule has 3 aromatic rings. The minimum Gasteiger partial charge on any atom is -0.351 e. The van der Waals surface area contributed by atoms with E-state index >= 15 is 0 Å². The van der Waals surface area contributed by atoms with Crippen molar-refractivity contribution in [1.82, 2.24) is 15.6 Å². The Hall–Kier alpha value is -3.59. The van der Waals surface area contributed by atoms with Crippen molar-refractivity contribution in [3.05, 3.63) is 82.6 Å². The third-order valence-corrected chi connectivity index (χ3v) is 6.58. The Bertz CT molecular complexity index is 1130. The number of aromatic nitrogens is 1. The molecule has 1 fully saturated rings. The summed E-state index contributed by atoms with van der Waals surface area (Å²) in [5, 5.41) is 7.42. The summed E-state index contributed by atoms with van der Waals surface area (Å²) in [5.41, 5.74) is 0.700. The zero-order valence-corrected chi connectivity index (χ0v) is 19.3. The van der Waals surface area contributed by atoms with Gasteiger partial charge < -0.3 is 10.6 Å². The molecule has 1 aliphatic carbocycles. The molecule has 0 spiro atoms. The number of pyridine rings is 1. The molecule has 7 nitrogen and oxygen atoms in total. The number of benzene rings is 1. The molecule has 3 amide bonds. The van der Waals surface area contributed by atoms with Crippen molar-refractivity contribution in [3.63, 3.8) is 0 Å². The second-order valence-electron chi connectivity index (χ2n) is 8.08. The lowest BCUT2D eigenvalue weighted by Crippen LogP contribution is -2.49. The first kappa shape index (κ1) is 23.6. The van der Waals surface area contributed by atoms with Gasteiger partial charge in [0.1, 0.15) is 11.9 Å². The maximum atomic E-state index is 14.2. The molecule has 0 bridgehead atoms. The standard InChI is InChI=1S/C25H25FN4O3S/c26-18-7-3-10-20(14-18)30(22(31)16-28-24(32)21-11-5-13-34-21)23(17-6-4-12-27-15-17)25(33)29-19-8-1-2-9-19/h3-7,10-15,19,23H,1-2,8-9,16H2,(H,28,32)(H,29,33)/t23-/m1/s1. The monoisotopic (exact) mass is 480 g/mol. The fourth-order valence-corrected chi connectivity index (χ4v) is 4.74. The quantitative estimate of drug-likeness (QED) is 0.512. The minimum atomic E-state index is -1.08. The van der Waals surface area contributed by atoms with Gasteiger partial charge in [0.05, 0.1) is 11.4 Å². The minimum absolute atomic E-state index is 0.0228. The normalized spacial score (nSPS) is 14.4. The maximum absolute atomic E-state index is 14.2. The first-order valence-corrected chi connectivity index (χ1v) is 12.0. The average Bonchev–Trinajstić information content (AvgIpc) is 3.56. The van der Waals surface area contributed by atoms with Gasteiger partial charge in [-0.25, -0.2) is 4.39 Å². The maximum Gasteiger partial charge on any atom is 0.261 e. The zero-order chi connectivity index (χ0) is 23.9. The van der Waals surface area contributed by atoms with E-state index in [0.29, 0.717) is 10.4 Å². The smallest absolute Gasteiger partial charge is 0.261 e. The molecule has 0 unspecified atom stereocenters. The number of carbonyl (C=O) groups is 3. The molecule has 1 saturated carbocycles. The highest BCUT2D eigenvalue weighted by Crippen LogP contribution is 2.29. The molecule has 9 heteroatoms. The van der Waals surface area contributed by atoms with Crippen molar-refractivity contribution in [2.45, 2.75) is 37.8 Å². The molecule has 34 heavy (non-hydrogen) atoms. The average molecular weight is 481 g/mol. The van der Waals surface area contributed by atoms with Gasteiger partial charge in [0.15, 0.2) is 0 Å². The van der Waals surface area contributed by atoms with Gasteiger partial charge in [-0.1, -0.05) is 31.0 Å². The van der Waals surface area contributed by atoms with Crippen LogP contribution in [0.2, 0.25) is 0 Å². The molecular formula is C25H25FN4O3S. The fraction of sp³-hybridized carbons (Fsp3) is 0.280. The highest BCUT2D eigenvalue weighted by atomic mass is 32.1. The number of hydrogen-bond donors (Lipinski definition) is 2. The number of amides is 3. The predicted molar refractivity (Wildman–Crippen MR) is 128 cm³/mol. The summed E-state index contributed by atoms with van der Waals surface area (Å²) >= 11 is 1.26. The number of nitrogens with one attached hydrogen (secondary N) is 2. The van der Waals surface area contributed by atoms with E-state index in [1.165, 1.54) is 40.6 Å². The fourth-order valence-electron chi connectivity index (χ4n) is 4.10. The van der Waals surface area contributed by atoms with Crippen LogP contribution in [-0.4, -0.2) is 35.3 Å². The van der Waals surface area contributed by atoms with Gasteiger partial charge >= 0.3 is 0 Å². The van der Waals surface area contributed by atoms with Crippen molar-refractivity contribution in [2.24, 2.45) is 0 Å². The lowest BCUT2D eigenvalue weighted by atomic mass is 10.0. The first-order valence-electron chi connectivity index (χ1n) is 11.1. The predicted octanol–water partition coefficient (Wildman–Crippen LogP) is 3.85. The van der Waals surface area contributed by atoms with E-state index < -0.39 is 23.7 Å². The number of anilines is 1. The van der Waals surface area contributed by atoms with Gasteiger partial charge in [-0.3, -0.25) is 24.3 Å². The third-order valence-electron chi connectivity index (χ3n) is 5.71. The molecule has 2 heterocycles. The Morgan fingerprint density at radius 1 is 1.12 bits per heavy atom. The number of nitrogens with zero attached hydrogens (tertiary/aromatic N) is 2. The molecule has 1 atom stereocenters. The Balaban J connectivity index is 1.66. The molecule has 2 N–H and O–H groups in total. The Morgan fingerprint density at radius 3 is 2.62 bits per heavy atom. The molecule has 1 aliphatic rings. The van der Waals surface area contributed by atoms with E-state index in [1.54, 1.807) is 41.9 Å². The van der Waals surface area contributed by atoms with Gasteiger partial charge in [0, 0.05) is 29.7 Å². The van der Waals surface area contributed by atoms with Crippen molar-refractivity contribution in [1.29, 1.82) is 0 Å². The highest BCUT2D eigenvalue weighted by molar-refractivity contribution is 7.12. The van der Waals surface area contributed by atoms with Crippen molar-refractivity contribution in [3.8, 4) is 0 Å². The lowest BCUT2D eigenvalue weighted by molar-refractivity contribution is -0.126. The van der Waals surface area contributed by atoms with Gasteiger partial charge in [0.25, 0.3) is 5.91 Å². The van der Waals surface area contributed by atoms with Gasteiger partial charge in [-0.2, -0.15) is 0 Å². The van der Waals surface area contributed by atoms with Crippen LogP contribution in [0, 0.1) is 5.82 Å². The summed E-state index contributed by atoms with van der Waals surface area (Å²) in [6.45, 7) is -0.360. The van der Waals surface area contributed by atoms with Gasteiger partial charge in [-0.15, -0.1) is 11.3 Å². The summed E-state index contributed by atoms with van der Waals surface area (Å²) in [7, 11) is 0. The summed E-state index contributed by atoms with van der Waals surface area (Å²) in [6, 6.07) is 11.2. The molecule has 2 aromatic heterocycles. The third kappa shape index (κ3) is 5.66. The summed E-state index contributed by atoms with van der Waals surface area (Å²) in [5.74, 6) is -1.86. The zero-order valence-electron chi connectivity index (χ0n) is 18.4. The van der Waals surface area contributed by atoms with E-state index in [1.807, 2.05) is 0 Å². The first-order chi connectivity index (χ1) is 16.5. The molecule has 176 valence electrons. The number of carbonyl (C=O) groups excluding carboxylic acids is 3. The molecule has 0 aliphatic heterocycles. The SMILES string of the molecule is O=C(NCC(=O)N(c1cccc(F)c1)[C@@H](C(=O)NC1CCCC1)c1cccnc1)c1cccs1. The molecular weight excluding hydrogens is 455 g/mol. The van der Waals surface area contributed by atoms with Crippen LogP contribution >= 0.6 is 11.3 Å². The molecule has 0 radical (unpaired) electrons. The van der Waals surface area contributed by atoms with Crippen LogP contribution in [0.15, 0.2) is 66.3 Å². The molecule has 0 saturated heterocycles. The van der Waals surface area contributed by atoms with E-state index in [4.69, 9.17) is 0 Å². The van der Waals surface area contributed by atoms with Crippen molar-refractivity contribution < 1.29 is 18.8 Å². The van der Waals surface area contributed by atoms with Crippen molar-refractivity contribution in [2.75, 3.05) is 11.4 Å². The van der Waals surface area contributed by atoms with E-state index in [-0.39, 0.29) is 24.2 Å². The van der Waals surface area contributed by atoms with Crippen molar-refractivity contribution >= 4 is 34.7 Å². The molecule has 4 rings (SSSR count).